The molecule has 1 heterocycles. The molecule has 1 saturated heterocycles. The number of rotatable bonds is 0. The van der Waals surface area contributed by atoms with Gasteiger partial charge in [0.1, 0.15) is 5.60 Å². The van der Waals surface area contributed by atoms with Gasteiger partial charge in [-0.3, -0.25) is 0 Å². The predicted molar refractivity (Wildman–Crippen MR) is 68.3 cm³/mol. The van der Waals surface area contributed by atoms with Crippen LogP contribution in [0, 0.1) is 5.92 Å². The fourth-order valence-corrected chi connectivity index (χ4v) is 3.14. The van der Waals surface area contributed by atoms with E-state index in [1.54, 1.807) is 25.7 Å². The molecule has 1 aliphatic heterocycles. The molecular weight excluding hydrogens is 271 g/mol. The maximum Gasteiger partial charge on any atom is 0.410 e. The monoisotopic (exact) mass is 293 g/mol. The molecule has 1 spiro atoms. The summed E-state index contributed by atoms with van der Waals surface area (Å²) in [6, 6.07) is 0. The second-order valence-electron chi connectivity index (χ2n) is 6.92. The first kappa shape index (κ1) is 15.4. The highest BCUT2D eigenvalue weighted by Gasteiger charge is 2.53. The topological polar surface area (TPSA) is 29.5 Å². The van der Waals surface area contributed by atoms with E-state index in [0.717, 1.165) is 6.42 Å². The molecule has 1 aliphatic carbocycles. The molecule has 0 bridgehead atoms. The van der Waals surface area contributed by atoms with Crippen LogP contribution in [0.3, 0.4) is 0 Å². The number of nitrogens with zero attached hydrogens (tertiary/aromatic N) is 1. The van der Waals surface area contributed by atoms with Crippen molar-refractivity contribution in [3.8, 4) is 0 Å². The van der Waals surface area contributed by atoms with Gasteiger partial charge in [0.15, 0.2) is 0 Å². The molecule has 0 aromatic heterocycles. The van der Waals surface area contributed by atoms with Gasteiger partial charge in [0, 0.05) is 12.1 Å². The summed E-state index contributed by atoms with van der Waals surface area (Å²) in [5.74, 6) is -1.21. The Morgan fingerprint density at radius 3 is 2.05 bits per heavy atom. The van der Waals surface area contributed by atoms with E-state index in [4.69, 9.17) is 4.74 Å². The second-order valence-corrected chi connectivity index (χ2v) is 6.92. The van der Waals surface area contributed by atoms with Gasteiger partial charge in [-0.15, -0.1) is 0 Å². The molecule has 0 radical (unpaired) electrons. The van der Waals surface area contributed by atoms with E-state index in [9.17, 15) is 18.0 Å². The Bertz CT molecular complexity index is 379. The Balaban J connectivity index is 1.96. The van der Waals surface area contributed by atoms with E-state index in [1.165, 1.54) is 0 Å². The number of ether oxygens (including phenoxy) is 1. The normalized spacial score (nSPS) is 31.1. The zero-order valence-corrected chi connectivity index (χ0v) is 12.2. The Labute approximate surface area is 117 Å². The minimum Gasteiger partial charge on any atom is -0.444 e. The van der Waals surface area contributed by atoms with Gasteiger partial charge in [-0.1, -0.05) is 0 Å². The second kappa shape index (κ2) is 4.81. The number of carbonyl (C=O) groups excluding carboxylic acids is 1. The summed E-state index contributed by atoms with van der Waals surface area (Å²) in [5, 5.41) is 0. The molecule has 0 aromatic rings. The molecule has 0 N–H and O–H groups in total. The number of hydrogen-bond donors (Lipinski definition) is 0. The van der Waals surface area contributed by atoms with Crippen LogP contribution in [0.1, 0.15) is 52.9 Å². The van der Waals surface area contributed by atoms with Crippen molar-refractivity contribution in [3.63, 3.8) is 0 Å². The van der Waals surface area contributed by atoms with Crippen molar-refractivity contribution >= 4 is 6.09 Å². The van der Waals surface area contributed by atoms with Crippen LogP contribution < -0.4 is 0 Å². The lowest BCUT2D eigenvalue weighted by molar-refractivity contribution is -0.192. The first-order chi connectivity index (χ1) is 9.04. The van der Waals surface area contributed by atoms with Crippen molar-refractivity contribution in [1.29, 1.82) is 0 Å². The summed E-state index contributed by atoms with van der Waals surface area (Å²) in [4.78, 5) is 13.7. The molecule has 0 aromatic carbocycles. The van der Waals surface area contributed by atoms with Crippen LogP contribution in [0.2, 0.25) is 0 Å². The first-order valence-corrected chi connectivity index (χ1v) is 7.11. The van der Waals surface area contributed by atoms with Crippen LogP contribution in [-0.2, 0) is 4.74 Å². The van der Waals surface area contributed by atoms with E-state index in [0.29, 0.717) is 19.4 Å². The molecule has 116 valence electrons. The van der Waals surface area contributed by atoms with Gasteiger partial charge in [-0.2, -0.15) is 13.2 Å². The number of likely N-dealkylation sites (tertiary alicyclic amines) is 1. The van der Waals surface area contributed by atoms with Gasteiger partial charge in [0.2, 0.25) is 0 Å². The highest BCUT2D eigenvalue weighted by atomic mass is 19.4. The third-order valence-corrected chi connectivity index (χ3v) is 4.37. The minimum atomic E-state index is -4.11. The number of alkyl halides is 3. The lowest BCUT2D eigenvalue weighted by Crippen LogP contribution is -2.64. The predicted octanol–water partition coefficient (Wildman–Crippen LogP) is 4.12. The summed E-state index contributed by atoms with van der Waals surface area (Å²) >= 11 is 0. The van der Waals surface area contributed by atoms with Crippen molar-refractivity contribution in [2.24, 2.45) is 5.92 Å². The number of carbonyl (C=O) groups is 1. The average Bonchev–Trinajstić information content (AvgIpc) is 2.23. The van der Waals surface area contributed by atoms with Gasteiger partial charge in [0.05, 0.1) is 5.92 Å². The van der Waals surface area contributed by atoms with Crippen LogP contribution >= 0.6 is 0 Å². The standard InChI is InChI=1S/C14H22F3NO2/c1-12(2,3)20-11(19)18-9-8-13(18)6-4-10(5-7-13)14(15,16)17/h10H,4-9H2,1-3H3. The Morgan fingerprint density at radius 1 is 1.15 bits per heavy atom. The van der Waals surface area contributed by atoms with Gasteiger partial charge in [0.25, 0.3) is 0 Å². The van der Waals surface area contributed by atoms with Crippen molar-refractivity contribution in [3.05, 3.63) is 0 Å². The lowest BCUT2D eigenvalue weighted by Gasteiger charge is -2.55. The quantitative estimate of drug-likeness (QED) is 0.672. The third kappa shape index (κ3) is 3.04. The van der Waals surface area contributed by atoms with Crippen LogP contribution in [-0.4, -0.2) is 34.9 Å². The highest BCUT2D eigenvalue weighted by molar-refractivity contribution is 5.70. The summed E-state index contributed by atoms with van der Waals surface area (Å²) in [6.07, 6.45) is -2.63. The molecule has 20 heavy (non-hydrogen) atoms. The van der Waals surface area contributed by atoms with E-state index in [1.807, 2.05) is 0 Å². The SMILES string of the molecule is CC(C)(C)OC(=O)N1CCC12CCC(C(F)(F)F)CC2. The maximum atomic E-state index is 12.7. The number of halogens is 3. The molecule has 2 rings (SSSR count). The lowest BCUT2D eigenvalue weighted by atomic mass is 9.69. The Kier molecular flexibility index (Phi) is 3.71. The third-order valence-electron chi connectivity index (χ3n) is 4.37. The van der Waals surface area contributed by atoms with Crippen LogP contribution in [0.5, 0.6) is 0 Å². The summed E-state index contributed by atoms with van der Waals surface area (Å²) < 4.78 is 43.4. The Hall–Kier alpha value is -0.940. The molecule has 0 atom stereocenters. The highest BCUT2D eigenvalue weighted by Crippen LogP contribution is 2.48. The average molecular weight is 293 g/mol. The van der Waals surface area contributed by atoms with Gasteiger partial charge < -0.3 is 9.64 Å². The fraction of sp³-hybridized carbons (Fsp3) is 0.929. The summed E-state index contributed by atoms with van der Waals surface area (Å²) in [7, 11) is 0. The maximum absolute atomic E-state index is 12.7. The van der Waals surface area contributed by atoms with Gasteiger partial charge in [-0.05, 0) is 52.9 Å². The van der Waals surface area contributed by atoms with E-state index in [-0.39, 0.29) is 18.4 Å². The van der Waals surface area contributed by atoms with E-state index >= 15 is 0 Å². The first-order valence-electron chi connectivity index (χ1n) is 7.11. The fourth-order valence-electron chi connectivity index (χ4n) is 3.14. The van der Waals surface area contributed by atoms with Crippen LogP contribution in [0.4, 0.5) is 18.0 Å². The van der Waals surface area contributed by atoms with Crippen molar-refractivity contribution in [2.75, 3.05) is 6.54 Å². The molecule has 6 heteroatoms. The van der Waals surface area contributed by atoms with E-state index in [2.05, 4.69) is 0 Å². The Morgan fingerprint density at radius 2 is 1.70 bits per heavy atom. The van der Waals surface area contributed by atoms with Crippen LogP contribution in [0.25, 0.3) is 0 Å². The van der Waals surface area contributed by atoms with Gasteiger partial charge in [-0.25, -0.2) is 4.79 Å². The molecule has 1 amide bonds. The zero-order valence-electron chi connectivity index (χ0n) is 12.2. The van der Waals surface area contributed by atoms with Crippen LogP contribution in [0.15, 0.2) is 0 Å². The van der Waals surface area contributed by atoms with Crippen molar-refractivity contribution < 1.29 is 22.7 Å². The number of hydrogen-bond acceptors (Lipinski definition) is 2. The molecule has 1 saturated carbocycles. The van der Waals surface area contributed by atoms with E-state index < -0.39 is 23.8 Å². The summed E-state index contributed by atoms with van der Waals surface area (Å²) in [5.41, 5.74) is -0.957. The smallest absolute Gasteiger partial charge is 0.410 e. The molecule has 2 fully saturated rings. The minimum absolute atomic E-state index is 0.114. The zero-order chi connectivity index (χ0) is 15.2. The van der Waals surface area contributed by atoms with Crippen molar-refractivity contribution in [1.82, 2.24) is 4.90 Å². The van der Waals surface area contributed by atoms with Gasteiger partial charge >= 0.3 is 12.3 Å². The summed E-state index contributed by atoms with van der Waals surface area (Å²) in [6.45, 7) is 5.96. The molecule has 0 unspecified atom stereocenters. The number of amides is 1. The van der Waals surface area contributed by atoms with Crippen molar-refractivity contribution in [2.45, 2.75) is 70.2 Å². The largest absolute Gasteiger partial charge is 0.444 e. The molecule has 3 nitrogen and oxygen atoms in total. The molecular formula is C14H22F3NO2. The molecule has 2 aliphatic rings.